The van der Waals surface area contributed by atoms with E-state index in [9.17, 15) is 4.79 Å². The standard InChI is InChI=1S/C24H21N3O/c1-16-7-3-4-8-19(16)17(2)26-24(28)21-15-23(18-11-13-25-14-12-18)27-22-10-6-5-9-20(21)22/h3-15,17H,1-2H3,(H,26,28). The number of aryl methyl sites for hydroxylation is 1. The molecule has 28 heavy (non-hydrogen) atoms. The largest absolute Gasteiger partial charge is 0.345 e. The van der Waals surface area contributed by atoms with Gasteiger partial charge in [-0.25, -0.2) is 4.98 Å². The highest BCUT2D eigenvalue weighted by molar-refractivity contribution is 6.07. The van der Waals surface area contributed by atoms with Crippen LogP contribution in [-0.4, -0.2) is 15.9 Å². The fraction of sp³-hybridized carbons (Fsp3) is 0.125. The Morgan fingerprint density at radius 1 is 0.964 bits per heavy atom. The normalized spacial score (nSPS) is 11.9. The fourth-order valence-corrected chi connectivity index (χ4v) is 3.46. The summed E-state index contributed by atoms with van der Waals surface area (Å²) in [5.74, 6) is -0.107. The van der Waals surface area contributed by atoms with Gasteiger partial charge in [-0.3, -0.25) is 9.78 Å². The number of pyridine rings is 2. The molecule has 0 spiro atoms. The number of aromatic nitrogens is 2. The van der Waals surface area contributed by atoms with Crippen molar-refractivity contribution in [1.29, 1.82) is 0 Å². The minimum absolute atomic E-state index is 0.0926. The molecule has 138 valence electrons. The van der Waals surface area contributed by atoms with Crippen LogP contribution in [0.15, 0.2) is 79.1 Å². The number of benzene rings is 2. The first-order chi connectivity index (χ1) is 13.6. The first-order valence-corrected chi connectivity index (χ1v) is 9.30. The zero-order valence-corrected chi connectivity index (χ0v) is 15.9. The van der Waals surface area contributed by atoms with Gasteiger partial charge in [-0.2, -0.15) is 0 Å². The van der Waals surface area contributed by atoms with Gasteiger partial charge in [-0.05, 0) is 49.2 Å². The zero-order valence-electron chi connectivity index (χ0n) is 15.9. The van der Waals surface area contributed by atoms with Crippen molar-refractivity contribution in [3.05, 3.63) is 95.8 Å². The van der Waals surface area contributed by atoms with Crippen molar-refractivity contribution in [1.82, 2.24) is 15.3 Å². The number of nitrogens with one attached hydrogen (secondary N) is 1. The first kappa shape index (κ1) is 17.9. The molecular formula is C24H21N3O. The minimum atomic E-state index is -0.107. The summed E-state index contributed by atoms with van der Waals surface area (Å²) in [5, 5.41) is 3.99. The molecule has 0 saturated heterocycles. The lowest BCUT2D eigenvalue weighted by molar-refractivity contribution is 0.0941. The van der Waals surface area contributed by atoms with Crippen LogP contribution in [0.2, 0.25) is 0 Å². The fourth-order valence-electron chi connectivity index (χ4n) is 3.46. The van der Waals surface area contributed by atoms with E-state index in [1.807, 2.05) is 67.6 Å². The molecule has 0 saturated carbocycles. The molecule has 0 aliphatic carbocycles. The molecular weight excluding hydrogens is 346 g/mol. The van der Waals surface area contributed by atoms with Gasteiger partial charge < -0.3 is 5.32 Å². The zero-order chi connectivity index (χ0) is 19.5. The average molecular weight is 367 g/mol. The molecule has 0 fully saturated rings. The highest BCUT2D eigenvalue weighted by Gasteiger charge is 2.17. The third-order valence-corrected chi connectivity index (χ3v) is 4.94. The maximum Gasteiger partial charge on any atom is 0.252 e. The molecule has 2 aromatic carbocycles. The number of nitrogens with zero attached hydrogens (tertiary/aromatic N) is 2. The number of para-hydroxylation sites is 1. The Labute approximate surface area is 164 Å². The van der Waals surface area contributed by atoms with Gasteiger partial charge >= 0.3 is 0 Å². The van der Waals surface area contributed by atoms with Gasteiger partial charge in [0, 0.05) is 23.3 Å². The number of fused-ring (bicyclic) bond motifs is 1. The van der Waals surface area contributed by atoms with E-state index in [-0.39, 0.29) is 11.9 Å². The molecule has 1 atom stereocenters. The van der Waals surface area contributed by atoms with E-state index in [4.69, 9.17) is 4.98 Å². The van der Waals surface area contributed by atoms with Crippen LogP contribution < -0.4 is 5.32 Å². The monoisotopic (exact) mass is 367 g/mol. The summed E-state index contributed by atoms with van der Waals surface area (Å²) in [5.41, 5.74) is 5.39. The minimum Gasteiger partial charge on any atom is -0.345 e. The number of hydrogen-bond acceptors (Lipinski definition) is 3. The number of carbonyl (C=O) groups is 1. The van der Waals surface area contributed by atoms with E-state index in [2.05, 4.69) is 23.3 Å². The summed E-state index contributed by atoms with van der Waals surface area (Å²) in [6, 6.07) is 21.4. The number of carbonyl (C=O) groups excluding carboxylic acids is 1. The highest BCUT2D eigenvalue weighted by atomic mass is 16.1. The van der Waals surface area contributed by atoms with E-state index < -0.39 is 0 Å². The Morgan fingerprint density at radius 3 is 2.46 bits per heavy atom. The third kappa shape index (κ3) is 3.49. The lowest BCUT2D eigenvalue weighted by Gasteiger charge is -2.18. The van der Waals surface area contributed by atoms with Gasteiger partial charge in [0.2, 0.25) is 0 Å². The lowest BCUT2D eigenvalue weighted by Crippen LogP contribution is -2.27. The predicted octanol–water partition coefficient (Wildman–Crippen LogP) is 5.10. The van der Waals surface area contributed by atoms with E-state index in [0.29, 0.717) is 5.56 Å². The second kappa shape index (κ2) is 7.61. The van der Waals surface area contributed by atoms with Gasteiger partial charge in [-0.1, -0.05) is 42.5 Å². The van der Waals surface area contributed by atoms with Crippen LogP contribution in [0.25, 0.3) is 22.2 Å². The van der Waals surface area contributed by atoms with Crippen LogP contribution in [0.5, 0.6) is 0 Å². The Morgan fingerprint density at radius 2 is 1.68 bits per heavy atom. The van der Waals surface area contributed by atoms with Gasteiger partial charge in [0.05, 0.1) is 22.8 Å². The predicted molar refractivity (Wildman–Crippen MR) is 112 cm³/mol. The van der Waals surface area contributed by atoms with E-state index in [1.165, 1.54) is 0 Å². The molecule has 4 heteroatoms. The van der Waals surface area contributed by atoms with Crippen molar-refractivity contribution in [2.75, 3.05) is 0 Å². The van der Waals surface area contributed by atoms with Crippen LogP contribution in [-0.2, 0) is 0 Å². The molecule has 1 unspecified atom stereocenters. The van der Waals surface area contributed by atoms with Crippen LogP contribution in [0.1, 0.15) is 34.5 Å². The maximum absolute atomic E-state index is 13.2. The molecule has 0 aliphatic rings. The first-order valence-electron chi connectivity index (χ1n) is 9.30. The Kier molecular flexibility index (Phi) is 4.85. The van der Waals surface area contributed by atoms with Crippen molar-refractivity contribution in [2.45, 2.75) is 19.9 Å². The van der Waals surface area contributed by atoms with Crippen molar-refractivity contribution >= 4 is 16.8 Å². The van der Waals surface area contributed by atoms with E-state index >= 15 is 0 Å². The summed E-state index contributed by atoms with van der Waals surface area (Å²) in [4.78, 5) is 22.0. The summed E-state index contributed by atoms with van der Waals surface area (Å²) < 4.78 is 0. The smallest absolute Gasteiger partial charge is 0.252 e. The second-order valence-corrected chi connectivity index (χ2v) is 6.86. The molecule has 0 radical (unpaired) electrons. The third-order valence-electron chi connectivity index (χ3n) is 4.94. The van der Waals surface area contributed by atoms with Crippen molar-refractivity contribution < 1.29 is 4.79 Å². The van der Waals surface area contributed by atoms with Crippen LogP contribution in [0, 0.1) is 6.92 Å². The topological polar surface area (TPSA) is 54.9 Å². The van der Waals surface area contributed by atoms with E-state index in [0.717, 1.165) is 33.3 Å². The SMILES string of the molecule is Cc1ccccc1C(C)NC(=O)c1cc(-c2ccncc2)nc2ccccc12. The van der Waals surface area contributed by atoms with Crippen LogP contribution in [0.3, 0.4) is 0 Å². The Hall–Kier alpha value is -3.53. The molecule has 1 amide bonds. The number of hydrogen-bond donors (Lipinski definition) is 1. The van der Waals surface area contributed by atoms with Crippen molar-refractivity contribution in [3.63, 3.8) is 0 Å². The lowest BCUT2D eigenvalue weighted by atomic mass is 10.0. The molecule has 0 bridgehead atoms. The van der Waals surface area contributed by atoms with Crippen molar-refractivity contribution in [2.24, 2.45) is 0 Å². The highest BCUT2D eigenvalue weighted by Crippen LogP contribution is 2.25. The molecule has 2 aromatic heterocycles. The average Bonchev–Trinajstić information content (AvgIpc) is 2.73. The summed E-state index contributed by atoms with van der Waals surface area (Å²) >= 11 is 0. The molecule has 4 nitrogen and oxygen atoms in total. The summed E-state index contributed by atoms with van der Waals surface area (Å²) in [6.45, 7) is 4.06. The van der Waals surface area contributed by atoms with E-state index in [1.54, 1.807) is 12.4 Å². The molecule has 4 aromatic rings. The molecule has 0 aliphatic heterocycles. The molecule has 1 N–H and O–H groups in total. The second-order valence-electron chi connectivity index (χ2n) is 6.86. The van der Waals surface area contributed by atoms with Gasteiger partial charge in [0.25, 0.3) is 5.91 Å². The van der Waals surface area contributed by atoms with Gasteiger partial charge in [-0.15, -0.1) is 0 Å². The maximum atomic E-state index is 13.2. The Bertz CT molecular complexity index is 1140. The quantitative estimate of drug-likeness (QED) is 0.546. The summed E-state index contributed by atoms with van der Waals surface area (Å²) in [7, 11) is 0. The Balaban J connectivity index is 1.75. The number of rotatable bonds is 4. The number of amides is 1. The summed E-state index contributed by atoms with van der Waals surface area (Å²) in [6.07, 6.45) is 3.46. The van der Waals surface area contributed by atoms with Crippen molar-refractivity contribution in [3.8, 4) is 11.3 Å². The molecule has 4 rings (SSSR count). The van der Waals surface area contributed by atoms with Crippen LogP contribution in [0.4, 0.5) is 0 Å². The van der Waals surface area contributed by atoms with Crippen LogP contribution >= 0.6 is 0 Å². The molecule has 2 heterocycles. The van der Waals surface area contributed by atoms with Gasteiger partial charge in [0.1, 0.15) is 0 Å². The van der Waals surface area contributed by atoms with Gasteiger partial charge in [0.15, 0.2) is 0 Å².